The molecule has 0 bridgehead atoms. The zero-order valence-corrected chi connectivity index (χ0v) is 11.1. The minimum absolute atomic E-state index is 0.222. The molecule has 2 rings (SSSR count). The molecule has 0 aliphatic heterocycles. The van der Waals surface area contributed by atoms with Gasteiger partial charge in [0.25, 0.3) is 0 Å². The van der Waals surface area contributed by atoms with Crippen molar-refractivity contribution < 1.29 is 4.74 Å². The predicted octanol–water partition coefficient (Wildman–Crippen LogP) is 2.16. The SMILES string of the molecule is CNC(Cn1cc(C)cn1)c1cccc(OC)c1. The van der Waals surface area contributed by atoms with Crippen LogP contribution >= 0.6 is 0 Å². The van der Waals surface area contributed by atoms with Crippen LogP contribution in [0.3, 0.4) is 0 Å². The molecule has 4 heteroatoms. The first-order valence-electron chi connectivity index (χ1n) is 6.03. The van der Waals surface area contributed by atoms with Crippen LogP contribution in [-0.4, -0.2) is 23.9 Å². The van der Waals surface area contributed by atoms with Crippen LogP contribution in [0.5, 0.6) is 5.75 Å². The molecular formula is C14H19N3O. The lowest BCUT2D eigenvalue weighted by Crippen LogP contribution is -2.22. The standard InChI is InChI=1S/C14H19N3O/c1-11-8-16-17(9-11)10-14(15-2)12-5-4-6-13(7-12)18-3/h4-9,14-15H,10H2,1-3H3. The number of nitrogens with zero attached hydrogens (tertiary/aromatic N) is 2. The molecule has 1 atom stereocenters. The third-order valence-corrected chi connectivity index (χ3v) is 2.98. The fraction of sp³-hybridized carbons (Fsp3) is 0.357. The molecule has 1 heterocycles. The molecular weight excluding hydrogens is 226 g/mol. The number of nitrogens with one attached hydrogen (secondary N) is 1. The highest BCUT2D eigenvalue weighted by atomic mass is 16.5. The molecule has 1 aromatic heterocycles. The molecule has 1 aromatic carbocycles. The van der Waals surface area contributed by atoms with E-state index in [9.17, 15) is 0 Å². The number of hydrogen-bond acceptors (Lipinski definition) is 3. The Morgan fingerprint density at radius 3 is 2.89 bits per heavy atom. The van der Waals surface area contributed by atoms with E-state index in [-0.39, 0.29) is 6.04 Å². The summed E-state index contributed by atoms with van der Waals surface area (Å²) in [4.78, 5) is 0. The molecule has 0 saturated carbocycles. The first kappa shape index (κ1) is 12.6. The average Bonchev–Trinajstić information content (AvgIpc) is 2.81. The lowest BCUT2D eigenvalue weighted by atomic mass is 10.1. The normalized spacial score (nSPS) is 12.4. The summed E-state index contributed by atoms with van der Waals surface area (Å²) in [6, 6.07) is 8.33. The number of rotatable bonds is 5. The molecule has 0 fully saturated rings. The number of likely N-dealkylation sites (N-methyl/N-ethyl adjacent to an activating group) is 1. The summed E-state index contributed by atoms with van der Waals surface area (Å²) >= 11 is 0. The summed E-state index contributed by atoms with van der Waals surface area (Å²) in [5.74, 6) is 0.879. The van der Waals surface area contributed by atoms with Crippen molar-refractivity contribution >= 4 is 0 Å². The van der Waals surface area contributed by atoms with E-state index >= 15 is 0 Å². The Morgan fingerprint density at radius 1 is 1.44 bits per heavy atom. The zero-order valence-electron chi connectivity index (χ0n) is 11.1. The van der Waals surface area contributed by atoms with Crippen LogP contribution in [0.4, 0.5) is 0 Å². The third-order valence-electron chi connectivity index (χ3n) is 2.98. The van der Waals surface area contributed by atoms with Crippen molar-refractivity contribution in [2.75, 3.05) is 14.2 Å². The number of ether oxygens (including phenoxy) is 1. The van der Waals surface area contributed by atoms with Crippen molar-refractivity contribution in [1.82, 2.24) is 15.1 Å². The van der Waals surface area contributed by atoms with Crippen LogP contribution in [0, 0.1) is 6.92 Å². The Labute approximate surface area is 108 Å². The second-order valence-electron chi connectivity index (χ2n) is 4.36. The highest BCUT2D eigenvalue weighted by molar-refractivity contribution is 5.30. The molecule has 1 N–H and O–H groups in total. The predicted molar refractivity (Wildman–Crippen MR) is 71.8 cm³/mol. The molecule has 0 saturated heterocycles. The number of methoxy groups -OCH3 is 1. The minimum Gasteiger partial charge on any atom is -0.497 e. The van der Waals surface area contributed by atoms with Crippen molar-refractivity contribution in [1.29, 1.82) is 0 Å². The van der Waals surface area contributed by atoms with Crippen molar-refractivity contribution in [3.63, 3.8) is 0 Å². The van der Waals surface area contributed by atoms with Crippen LogP contribution in [0.25, 0.3) is 0 Å². The maximum Gasteiger partial charge on any atom is 0.119 e. The van der Waals surface area contributed by atoms with E-state index in [1.165, 1.54) is 11.1 Å². The van der Waals surface area contributed by atoms with Gasteiger partial charge in [-0.25, -0.2) is 0 Å². The first-order valence-corrected chi connectivity index (χ1v) is 6.03. The monoisotopic (exact) mass is 245 g/mol. The van der Waals surface area contributed by atoms with Gasteiger partial charge in [-0.2, -0.15) is 5.10 Å². The van der Waals surface area contributed by atoms with E-state index in [1.54, 1.807) is 7.11 Å². The first-order chi connectivity index (χ1) is 8.72. The number of hydrogen-bond donors (Lipinski definition) is 1. The minimum atomic E-state index is 0.222. The van der Waals surface area contributed by atoms with Crippen LogP contribution < -0.4 is 10.1 Å². The van der Waals surface area contributed by atoms with Gasteiger partial charge in [-0.05, 0) is 37.2 Å². The summed E-state index contributed by atoms with van der Waals surface area (Å²) < 4.78 is 7.21. The lowest BCUT2D eigenvalue weighted by Gasteiger charge is -2.17. The fourth-order valence-electron chi connectivity index (χ4n) is 1.98. The molecule has 0 radical (unpaired) electrons. The molecule has 0 aliphatic rings. The maximum absolute atomic E-state index is 5.25. The van der Waals surface area contributed by atoms with Gasteiger partial charge in [0.05, 0.1) is 25.9 Å². The van der Waals surface area contributed by atoms with Crippen LogP contribution in [0.1, 0.15) is 17.2 Å². The highest BCUT2D eigenvalue weighted by Crippen LogP contribution is 2.20. The summed E-state index contributed by atoms with van der Waals surface area (Å²) in [6.07, 6.45) is 3.92. The second kappa shape index (κ2) is 5.69. The molecule has 4 nitrogen and oxygen atoms in total. The number of aromatic nitrogens is 2. The molecule has 0 amide bonds. The molecule has 0 spiro atoms. The van der Waals surface area contributed by atoms with Crippen molar-refractivity contribution in [2.24, 2.45) is 0 Å². The maximum atomic E-state index is 5.25. The lowest BCUT2D eigenvalue weighted by molar-refractivity contribution is 0.411. The van der Waals surface area contributed by atoms with E-state index in [1.807, 2.05) is 43.2 Å². The summed E-state index contributed by atoms with van der Waals surface area (Å²) in [5, 5.41) is 7.63. The highest BCUT2D eigenvalue weighted by Gasteiger charge is 2.11. The topological polar surface area (TPSA) is 39.1 Å². The Hall–Kier alpha value is -1.81. The van der Waals surface area contributed by atoms with E-state index in [2.05, 4.69) is 22.5 Å². The van der Waals surface area contributed by atoms with Gasteiger partial charge in [0.15, 0.2) is 0 Å². The van der Waals surface area contributed by atoms with Gasteiger partial charge in [-0.15, -0.1) is 0 Å². The molecule has 96 valence electrons. The smallest absolute Gasteiger partial charge is 0.119 e. The molecule has 0 aliphatic carbocycles. The van der Waals surface area contributed by atoms with Gasteiger partial charge in [0.1, 0.15) is 5.75 Å². The average molecular weight is 245 g/mol. The van der Waals surface area contributed by atoms with Crippen molar-refractivity contribution in [3.05, 3.63) is 47.8 Å². The van der Waals surface area contributed by atoms with Gasteiger partial charge >= 0.3 is 0 Å². The fourth-order valence-corrected chi connectivity index (χ4v) is 1.98. The Kier molecular flexibility index (Phi) is 3.99. The van der Waals surface area contributed by atoms with Gasteiger partial charge in [-0.3, -0.25) is 4.68 Å². The van der Waals surface area contributed by atoms with Gasteiger partial charge in [-0.1, -0.05) is 12.1 Å². The van der Waals surface area contributed by atoms with Crippen molar-refractivity contribution in [3.8, 4) is 5.75 Å². The van der Waals surface area contributed by atoms with E-state index < -0.39 is 0 Å². The van der Waals surface area contributed by atoms with E-state index in [0.717, 1.165) is 12.3 Å². The largest absolute Gasteiger partial charge is 0.497 e. The zero-order chi connectivity index (χ0) is 13.0. The summed E-state index contributed by atoms with van der Waals surface area (Å²) in [7, 11) is 3.64. The summed E-state index contributed by atoms with van der Waals surface area (Å²) in [5.41, 5.74) is 2.38. The van der Waals surface area contributed by atoms with Crippen LogP contribution in [-0.2, 0) is 6.54 Å². The Bertz CT molecular complexity index is 507. The van der Waals surface area contributed by atoms with Crippen LogP contribution in [0.2, 0.25) is 0 Å². The van der Waals surface area contributed by atoms with Gasteiger partial charge in [0, 0.05) is 6.20 Å². The van der Waals surface area contributed by atoms with Gasteiger partial charge in [0.2, 0.25) is 0 Å². The quantitative estimate of drug-likeness (QED) is 0.877. The van der Waals surface area contributed by atoms with E-state index in [4.69, 9.17) is 4.74 Å². The Morgan fingerprint density at radius 2 is 2.28 bits per heavy atom. The number of aryl methyl sites for hydroxylation is 1. The third kappa shape index (κ3) is 2.90. The van der Waals surface area contributed by atoms with Crippen LogP contribution in [0.15, 0.2) is 36.7 Å². The Balaban J connectivity index is 2.17. The molecule has 1 unspecified atom stereocenters. The molecule has 18 heavy (non-hydrogen) atoms. The van der Waals surface area contributed by atoms with Gasteiger partial charge < -0.3 is 10.1 Å². The van der Waals surface area contributed by atoms with E-state index in [0.29, 0.717) is 0 Å². The number of benzene rings is 1. The second-order valence-corrected chi connectivity index (χ2v) is 4.36. The van der Waals surface area contributed by atoms with Crippen molar-refractivity contribution in [2.45, 2.75) is 19.5 Å². The summed E-state index contributed by atoms with van der Waals surface area (Å²) in [6.45, 7) is 2.85. The molecule has 2 aromatic rings.